The molecule has 0 saturated carbocycles. The molecule has 1 rings (SSSR count). The van der Waals surface area contributed by atoms with E-state index in [1.807, 2.05) is 6.92 Å². The molecule has 1 heterocycles. The molecule has 1 aliphatic heterocycles. The van der Waals surface area contributed by atoms with Crippen molar-refractivity contribution in [2.24, 2.45) is 5.92 Å². The maximum Gasteiger partial charge on any atom is 0.317 e. The van der Waals surface area contributed by atoms with Gasteiger partial charge in [-0.15, -0.1) is 0 Å². The minimum Gasteiger partial charge on any atom is -0.481 e. The van der Waals surface area contributed by atoms with Gasteiger partial charge < -0.3 is 20.2 Å². The van der Waals surface area contributed by atoms with E-state index < -0.39 is 5.97 Å². The van der Waals surface area contributed by atoms with E-state index in [1.165, 1.54) is 0 Å². The fraction of sp³-hybridized carbons (Fsp3) is 0.786. The van der Waals surface area contributed by atoms with Crippen molar-refractivity contribution in [2.75, 3.05) is 32.7 Å². The topological polar surface area (TPSA) is 90.0 Å². The van der Waals surface area contributed by atoms with Crippen molar-refractivity contribution in [3.8, 4) is 0 Å². The zero-order valence-electron chi connectivity index (χ0n) is 12.8. The highest BCUT2D eigenvalue weighted by atomic mass is 16.4. The fourth-order valence-electron chi connectivity index (χ4n) is 2.28. The molecule has 120 valence electrons. The second-order valence-electron chi connectivity index (χ2n) is 5.57. The zero-order valence-corrected chi connectivity index (χ0v) is 12.8. The fourth-order valence-corrected chi connectivity index (χ4v) is 2.28. The number of rotatable bonds is 5. The molecule has 1 fully saturated rings. The van der Waals surface area contributed by atoms with Gasteiger partial charge in [0.2, 0.25) is 5.91 Å². The molecular weight excluding hydrogens is 274 g/mol. The first-order valence-corrected chi connectivity index (χ1v) is 7.40. The molecule has 2 N–H and O–H groups in total. The van der Waals surface area contributed by atoms with E-state index in [0.717, 1.165) is 6.42 Å². The number of carboxylic acid groups (broad SMARTS) is 1. The molecule has 0 radical (unpaired) electrons. The van der Waals surface area contributed by atoms with E-state index in [9.17, 15) is 14.4 Å². The molecule has 1 atom stereocenters. The predicted octanol–water partition coefficient (Wildman–Crippen LogP) is 0.751. The van der Waals surface area contributed by atoms with Gasteiger partial charge in [-0.2, -0.15) is 0 Å². The van der Waals surface area contributed by atoms with Crippen LogP contribution in [0.2, 0.25) is 0 Å². The monoisotopic (exact) mass is 299 g/mol. The van der Waals surface area contributed by atoms with Crippen LogP contribution in [0, 0.1) is 5.92 Å². The molecular formula is C14H25N3O4. The van der Waals surface area contributed by atoms with Crippen molar-refractivity contribution >= 4 is 17.9 Å². The standard InChI is InChI=1S/C14H25N3O4/c1-11(4-5-13(19)20)10-15-14(21)17-7-3-6-16(8-9-17)12(2)18/h11H,3-10H2,1-2H3,(H,15,21)(H,19,20). The number of urea groups is 1. The van der Waals surface area contributed by atoms with Gasteiger partial charge in [-0.25, -0.2) is 4.79 Å². The number of hydrogen-bond acceptors (Lipinski definition) is 3. The van der Waals surface area contributed by atoms with Crippen LogP contribution in [0.25, 0.3) is 0 Å². The lowest BCUT2D eigenvalue weighted by Gasteiger charge is -2.22. The lowest BCUT2D eigenvalue weighted by molar-refractivity contribution is -0.137. The van der Waals surface area contributed by atoms with E-state index in [-0.39, 0.29) is 24.3 Å². The Kier molecular flexibility index (Phi) is 6.98. The van der Waals surface area contributed by atoms with Gasteiger partial charge in [0, 0.05) is 46.1 Å². The Morgan fingerprint density at radius 3 is 2.38 bits per heavy atom. The molecule has 0 aromatic rings. The van der Waals surface area contributed by atoms with Crippen LogP contribution in [0.5, 0.6) is 0 Å². The van der Waals surface area contributed by atoms with Crippen LogP contribution in [0.1, 0.15) is 33.1 Å². The number of carbonyl (C=O) groups excluding carboxylic acids is 2. The predicted molar refractivity (Wildman–Crippen MR) is 77.9 cm³/mol. The Bertz CT molecular complexity index is 386. The van der Waals surface area contributed by atoms with Crippen molar-refractivity contribution in [1.82, 2.24) is 15.1 Å². The van der Waals surface area contributed by atoms with Gasteiger partial charge in [-0.3, -0.25) is 9.59 Å². The van der Waals surface area contributed by atoms with Crippen molar-refractivity contribution in [2.45, 2.75) is 33.1 Å². The summed E-state index contributed by atoms with van der Waals surface area (Å²) in [6.45, 7) is 6.36. The maximum atomic E-state index is 12.1. The molecule has 0 bridgehead atoms. The first kappa shape index (κ1) is 17.3. The summed E-state index contributed by atoms with van der Waals surface area (Å²) in [7, 11) is 0. The number of aliphatic carboxylic acids is 1. The Hall–Kier alpha value is -1.79. The normalized spacial score (nSPS) is 17.0. The summed E-state index contributed by atoms with van der Waals surface area (Å²) in [6.07, 6.45) is 1.45. The van der Waals surface area contributed by atoms with E-state index >= 15 is 0 Å². The van der Waals surface area contributed by atoms with Crippen LogP contribution in [-0.2, 0) is 9.59 Å². The van der Waals surface area contributed by atoms with Crippen LogP contribution in [0.4, 0.5) is 4.79 Å². The number of nitrogens with one attached hydrogen (secondary N) is 1. The second kappa shape index (κ2) is 8.49. The Morgan fingerprint density at radius 2 is 1.76 bits per heavy atom. The van der Waals surface area contributed by atoms with Gasteiger partial charge in [0.05, 0.1) is 0 Å². The lowest BCUT2D eigenvalue weighted by Crippen LogP contribution is -2.43. The third-order valence-corrected chi connectivity index (χ3v) is 3.68. The van der Waals surface area contributed by atoms with Crippen molar-refractivity contribution < 1.29 is 19.5 Å². The third kappa shape index (κ3) is 6.46. The molecule has 3 amide bonds. The molecule has 7 heteroatoms. The average Bonchev–Trinajstić information content (AvgIpc) is 2.68. The van der Waals surface area contributed by atoms with Gasteiger partial charge in [-0.1, -0.05) is 6.92 Å². The van der Waals surface area contributed by atoms with Crippen LogP contribution in [0.15, 0.2) is 0 Å². The minimum absolute atomic E-state index is 0.0413. The molecule has 1 saturated heterocycles. The van der Waals surface area contributed by atoms with Crippen molar-refractivity contribution in [3.05, 3.63) is 0 Å². The molecule has 0 spiro atoms. The lowest BCUT2D eigenvalue weighted by atomic mass is 10.1. The Balaban J connectivity index is 2.31. The van der Waals surface area contributed by atoms with Crippen LogP contribution in [0.3, 0.4) is 0 Å². The largest absolute Gasteiger partial charge is 0.481 e. The highest BCUT2D eigenvalue weighted by Gasteiger charge is 2.20. The molecule has 7 nitrogen and oxygen atoms in total. The van der Waals surface area contributed by atoms with Gasteiger partial charge in [0.15, 0.2) is 0 Å². The number of carboxylic acids is 1. The molecule has 1 unspecified atom stereocenters. The highest BCUT2D eigenvalue weighted by Crippen LogP contribution is 2.06. The van der Waals surface area contributed by atoms with E-state index in [1.54, 1.807) is 16.7 Å². The second-order valence-corrected chi connectivity index (χ2v) is 5.57. The zero-order chi connectivity index (χ0) is 15.8. The van der Waals surface area contributed by atoms with Gasteiger partial charge in [0.1, 0.15) is 0 Å². The molecule has 0 aliphatic carbocycles. The number of nitrogens with zero attached hydrogens (tertiary/aromatic N) is 2. The van der Waals surface area contributed by atoms with Gasteiger partial charge in [-0.05, 0) is 18.8 Å². The van der Waals surface area contributed by atoms with E-state index in [2.05, 4.69) is 5.32 Å². The summed E-state index contributed by atoms with van der Waals surface area (Å²) in [6, 6.07) is -0.137. The van der Waals surface area contributed by atoms with Gasteiger partial charge >= 0.3 is 12.0 Å². The van der Waals surface area contributed by atoms with E-state index in [4.69, 9.17) is 5.11 Å². The summed E-state index contributed by atoms with van der Waals surface area (Å²) in [5.41, 5.74) is 0. The molecule has 0 aromatic heterocycles. The summed E-state index contributed by atoms with van der Waals surface area (Å²) in [5, 5.41) is 11.5. The van der Waals surface area contributed by atoms with Crippen LogP contribution >= 0.6 is 0 Å². The first-order valence-electron chi connectivity index (χ1n) is 7.40. The van der Waals surface area contributed by atoms with E-state index in [0.29, 0.717) is 39.1 Å². The Labute approximate surface area is 125 Å². The number of carbonyl (C=O) groups is 3. The summed E-state index contributed by atoms with van der Waals surface area (Å²) in [4.78, 5) is 37.3. The Morgan fingerprint density at radius 1 is 1.14 bits per heavy atom. The van der Waals surface area contributed by atoms with Crippen molar-refractivity contribution in [1.29, 1.82) is 0 Å². The highest BCUT2D eigenvalue weighted by molar-refractivity contribution is 5.75. The molecule has 0 aromatic carbocycles. The SMILES string of the molecule is CC(=O)N1CCCN(C(=O)NCC(C)CCC(=O)O)CC1. The maximum absolute atomic E-state index is 12.1. The molecule has 21 heavy (non-hydrogen) atoms. The third-order valence-electron chi connectivity index (χ3n) is 3.68. The van der Waals surface area contributed by atoms with Crippen LogP contribution < -0.4 is 5.32 Å². The summed E-state index contributed by atoms with van der Waals surface area (Å²) < 4.78 is 0. The van der Waals surface area contributed by atoms with Crippen LogP contribution in [-0.4, -0.2) is 65.5 Å². The smallest absolute Gasteiger partial charge is 0.317 e. The quantitative estimate of drug-likeness (QED) is 0.784. The number of amides is 3. The summed E-state index contributed by atoms with van der Waals surface area (Å²) >= 11 is 0. The summed E-state index contributed by atoms with van der Waals surface area (Å²) in [5.74, 6) is -0.643. The minimum atomic E-state index is -0.815. The number of hydrogen-bond donors (Lipinski definition) is 2. The average molecular weight is 299 g/mol. The van der Waals surface area contributed by atoms with Crippen molar-refractivity contribution in [3.63, 3.8) is 0 Å². The molecule has 1 aliphatic rings. The van der Waals surface area contributed by atoms with Gasteiger partial charge in [0.25, 0.3) is 0 Å². The first-order chi connectivity index (χ1) is 9.90.